The van der Waals surface area contributed by atoms with Crippen LogP contribution in [-0.4, -0.2) is 16.0 Å². The monoisotopic (exact) mass is 294 g/mol. The quantitative estimate of drug-likeness (QED) is 0.641. The van der Waals surface area contributed by atoms with E-state index in [1.807, 2.05) is 11.6 Å². The predicted octanol–water partition coefficient (Wildman–Crippen LogP) is 4.88. The van der Waals surface area contributed by atoms with Crippen LogP contribution in [0.3, 0.4) is 0 Å². The highest BCUT2D eigenvalue weighted by Gasteiger charge is 2.09. The van der Waals surface area contributed by atoms with E-state index in [1.165, 1.54) is 16.0 Å². The predicted molar refractivity (Wildman–Crippen MR) is 90.3 cm³/mol. The molecular formula is C18H18N2S. The van der Waals surface area contributed by atoms with Crippen LogP contribution in [-0.2, 0) is 0 Å². The lowest BCUT2D eigenvalue weighted by molar-refractivity contribution is 0.868. The second-order valence-corrected chi connectivity index (χ2v) is 6.03. The molecule has 0 saturated heterocycles. The summed E-state index contributed by atoms with van der Waals surface area (Å²) in [5.74, 6) is 0. The first-order chi connectivity index (χ1) is 10.2. The second kappa shape index (κ2) is 5.78. The average molecular weight is 294 g/mol. The molecule has 0 unspecified atom stereocenters. The molecule has 0 atom stereocenters. The zero-order valence-electron chi connectivity index (χ0n) is 12.5. The molecule has 0 fully saturated rings. The fourth-order valence-corrected chi connectivity index (χ4v) is 2.76. The van der Waals surface area contributed by atoms with Crippen LogP contribution >= 0.6 is 11.8 Å². The van der Waals surface area contributed by atoms with Crippen LogP contribution in [0.2, 0.25) is 0 Å². The normalized spacial score (nSPS) is 10.8. The van der Waals surface area contributed by atoms with Gasteiger partial charge in [-0.05, 0) is 50.4 Å². The van der Waals surface area contributed by atoms with Crippen LogP contribution in [0.15, 0.2) is 59.5 Å². The van der Waals surface area contributed by atoms with Crippen molar-refractivity contribution in [1.82, 2.24) is 9.78 Å². The molecule has 0 amide bonds. The summed E-state index contributed by atoms with van der Waals surface area (Å²) in [7, 11) is 0. The largest absolute Gasteiger partial charge is 0.233 e. The van der Waals surface area contributed by atoms with Gasteiger partial charge in [0, 0.05) is 10.5 Å². The molecule has 21 heavy (non-hydrogen) atoms. The Hall–Kier alpha value is -2.00. The standard InChI is InChI=1S/C18H18N2S/c1-13-4-6-15(7-5-13)18-12-14(2)19-20(18)16-8-10-17(21-3)11-9-16/h4-12H,1-3H3. The topological polar surface area (TPSA) is 17.8 Å². The summed E-state index contributed by atoms with van der Waals surface area (Å²) >= 11 is 1.75. The maximum atomic E-state index is 4.65. The van der Waals surface area contributed by atoms with Crippen molar-refractivity contribution in [1.29, 1.82) is 0 Å². The molecule has 0 radical (unpaired) electrons. The van der Waals surface area contributed by atoms with Gasteiger partial charge in [0.2, 0.25) is 0 Å². The SMILES string of the molecule is CSc1ccc(-n2nc(C)cc2-c2ccc(C)cc2)cc1. The van der Waals surface area contributed by atoms with Gasteiger partial charge in [0.05, 0.1) is 17.1 Å². The third-order valence-electron chi connectivity index (χ3n) is 3.50. The van der Waals surface area contributed by atoms with Crippen LogP contribution in [0.5, 0.6) is 0 Å². The zero-order valence-corrected chi connectivity index (χ0v) is 13.3. The lowest BCUT2D eigenvalue weighted by atomic mass is 10.1. The van der Waals surface area contributed by atoms with E-state index in [4.69, 9.17) is 0 Å². The molecule has 0 aliphatic rings. The Bertz CT molecular complexity index is 740. The summed E-state index contributed by atoms with van der Waals surface area (Å²) in [6.07, 6.45) is 2.09. The van der Waals surface area contributed by atoms with Crippen molar-refractivity contribution in [2.75, 3.05) is 6.26 Å². The van der Waals surface area contributed by atoms with E-state index in [0.29, 0.717) is 0 Å². The fraction of sp³-hybridized carbons (Fsp3) is 0.167. The third-order valence-corrected chi connectivity index (χ3v) is 4.24. The lowest BCUT2D eigenvalue weighted by Gasteiger charge is -2.08. The van der Waals surface area contributed by atoms with Gasteiger partial charge in [-0.15, -0.1) is 11.8 Å². The van der Waals surface area contributed by atoms with Crippen LogP contribution < -0.4 is 0 Å². The van der Waals surface area contributed by atoms with Gasteiger partial charge in [-0.3, -0.25) is 0 Å². The summed E-state index contributed by atoms with van der Waals surface area (Å²) in [4.78, 5) is 1.26. The van der Waals surface area contributed by atoms with Crippen LogP contribution in [0, 0.1) is 13.8 Å². The molecule has 1 heterocycles. The van der Waals surface area contributed by atoms with Crippen LogP contribution in [0.1, 0.15) is 11.3 Å². The Morgan fingerprint density at radius 2 is 1.57 bits per heavy atom. The van der Waals surface area contributed by atoms with E-state index in [2.05, 4.69) is 72.9 Å². The van der Waals surface area contributed by atoms with Crippen molar-refractivity contribution in [3.05, 3.63) is 65.9 Å². The smallest absolute Gasteiger partial charge is 0.0743 e. The van der Waals surface area contributed by atoms with Crippen molar-refractivity contribution >= 4 is 11.8 Å². The average Bonchev–Trinajstić information content (AvgIpc) is 2.90. The van der Waals surface area contributed by atoms with E-state index in [-0.39, 0.29) is 0 Å². The minimum atomic E-state index is 1.03. The maximum Gasteiger partial charge on any atom is 0.0743 e. The van der Waals surface area contributed by atoms with Gasteiger partial charge in [0.1, 0.15) is 0 Å². The van der Waals surface area contributed by atoms with E-state index in [1.54, 1.807) is 11.8 Å². The van der Waals surface area contributed by atoms with Gasteiger partial charge in [-0.1, -0.05) is 29.8 Å². The Balaban J connectivity index is 2.08. The fourth-order valence-electron chi connectivity index (χ4n) is 2.35. The van der Waals surface area contributed by atoms with Crippen molar-refractivity contribution in [3.63, 3.8) is 0 Å². The molecule has 2 nitrogen and oxygen atoms in total. The summed E-state index contributed by atoms with van der Waals surface area (Å²) in [6, 6.07) is 19.2. The number of rotatable bonds is 3. The number of benzene rings is 2. The lowest BCUT2D eigenvalue weighted by Crippen LogP contribution is -1.99. The van der Waals surface area contributed by atoms with Crippen LogP contribution in [0.25, 0.3) is 16.9 Å². The van der Waals surface area contributed by atoms with E-state index < -0.39 is 0 Å². The van der Waals surface area contributed by atoms with Gasteiger partial charge < -0.3 is 0 Å². The number of aryl methyl sites for hydroxylation is 2. The maximum absolute atomic E-state index is 4.65. The van der Waals surface area contributed by atoms with Crippen molar-refractivity contribution in [3.8, 4) is 16.9 Å². The molecule has 3 heteroatoms. The number of aromatic nitrogens is 2. The summed E-state index contributed by atoms with van der Waals surface area (Å²) in [5.41, 5.74) is 5.71. The number of hydrogen-bond acceptors (Lipinski definition) is 2. The van der Waals surface area contributed by atoms with Crippen molar-refractivity contribution in [2.24, 2.45) is 0 Å². The first-order valence-corrected chi connectivity index (χ1v) is 8.18. The molecule has 0 aliphatic carbocycles. The Labute approximate surface area is 129 Å². The third kappa shape index (κ3) is 2.88. The molecule has 0 bridgehead atoms. The first kappa shape index (κ1) is 14.0. The summed E-state index contributed by atoms with van der Waals surface area (Å²) in [6.45, 7) is 4.14. The van der Waals surface area contributed by atoms with Gasteiger partial charge >= 0.3 is 0 Å². The minimum absolute atomic E-state index is 1.03. The van der Waals surface area contributed by atoms with E-state index in [0.717, 1.165) is 17.1 Å². The van der Waals surface area contributed by atoms with Crippen LogP contribution in [0.4, 0.5) is 0 Å². The Kier molecular flexibility index (Phi) is 3.84. The molecule has 106 valence electrons. The summed E-state index contributed by atoms with van der Waals surface area (Å²) in [5, 5.41) is 4.65. The Morgan fingerprint density at radius 3 is 2.19 bits per heavy atom. The van der Waals surface area contributed by atoms with E-state index in [9.17, 15) is 0 Å². The highest BCUT2D eigenvalue weighted by Crippen LogP contribution is 2.25. The highest BCUT2D eigenvalue weighted by molar-refractivity contribution is 7.98. The molecule has 0 saturated carbocycles. The second-order valence-electron chi connectivity index (χ2n) is 5.15. The molecule has 0 spiro atoms. The van der Waals surface area contributed by atoms with Gasteiger partial charge in [0.15, 0.2) is 0 Å². The molecule has 3 aromatic rings. The molecule has 0 N–H and O–H groups in total. The van der Waals surface area contributed by atoms with E-state index >= 15 is 0 Å². The molecule has 1 aromatic heterocycles. The number of nitrogens with zero attached hydrogens (tertiary/aromatic N) is 2. The molecular weight excluding hydrogens is 276 g/mol. The van der Waals surface area contributed by atoms with Crippen molar-refractivity contribution in [2.45, 2.75) is 18.7 Å². The summed E-state index contributed by atoms with van der Waals surface area (Å²) < 4.78 is 2.02. The molecule has 2 aromatic carbocycles. The molecule has 3 rings (SSSR count). The van der Waals surface area contributed by atoms with Gasteiger partial charge in [0.25, 0.3) is 0 Å². The Morgan fingerprint density at radius 1 is 0.905 bits per heavy atom. The van der Waals surface area contributed by atoms with Gasteiger partial charge in [-0.25, -0.2) is 4.68 Å². The first-order valence-electron chi connectivity index (χ1n) is 6.95. The zero-order chi connectivity index (χ0) is 14.8. The number of hydrogen-bond donors (Lipinski definition) is 0. The molecule has 0 aliphatic heterocycles. The van der Waals surface area contributed by atoms with Gasteiger partial charge in [-0.2, -0.15) is 5.10 Å². The highest BCUT2D eigenvalue weighted by atomic mass is 32.2. The van der Waals surface area contributed by atoms with Crippen molar-refractivity contribution < 1.29 is 0 Å². The number of thioether (sulfide) groups is 1. The minimum Gasteiger partial charge on any atom is -0.233 e.